The Morgan fingerprint density at radius 3 is 2.44 bits per heavy atom. The molecule has 0 saturated carbocycles. The van der Waals surface area contributed by atoms with Gasteiger partial charge in [0.05, 0.1) is 27.9 Å². The van der Waals surface area contributed by atoms with Crippen molar-refractivity contribution < 1.29 is 19.0 Å². The molecule has 0 radical (unpaired) electrons. The number of carbonyl (C=O) groups excluding carboxylic acids is 1. The second-order valence-electron chi connectivity index (χ2n) is 7.79. The Bertz CT molecular complexity index is 1280. The van der Waals surface area contributed by atoms with E-state index in [2.05, 4.69) is 22.6 Å². The van der Waals surface area contributed by atoms with Crippen LogP contribution in [0.15, 0.2) is 76.6 Å². The van der Waals surface area contributed by atoms with Gasteiger partial charge in [-0.3, -0.25) is 9.69 Å². The molecule has 186 valence electrons. The summed E-state index contributed by atoms with van der Waals surface area (Å²) in [6, 6.07) is 21.4. The molecule has 6 nitrogen and oxygen atoms in total. The average Bonchev–Trinajstić information content (AvgIpc) is 3.18. The summed E-state index contributed by atoms with van der Waals surface area (Å²) in [4.78, 5) is 20.1. The van der Waals surface area contributed by atoms with Gasteiger partial charge in [-0.15, -0.1) is 0 Å². The lowest BCUT2D eigenvalue weighted by molar-refractivity contribution is -0.122. The SMILES string of the molecule is CCOc1cc(/C=C2/SC(=Nc3ccc(OC)cc3)N(CC)C2=O)cc(I)c1OCc1ccccc1. The van der Waals surface area contributed by atoms with Gasteiger partial charge in [-0.25, -0.2) is 4.99 Å². The van der Waals surface area contributed by atoms with Crippen LogP contribution >= 0.6 is 34.4 Å². The zero-order valence-corrected chi connectivity index (χ0v) is 23.3. The van der Waals surface area contributed by atoms with Gasteiger partial charge in [-0.2, -0.15) is 0 Å². The number of carbonyl (C=O) groups is 1. The molecule has 1 aliphatic heterocycles. The van der Waals surface area contributed by atoms with Gasteiger partial charge in [0.1, 0.15) is 12.4 Å². The summed E-state index contributed by atoms with van der Waals surface area (Å²) in [5, 5.41) is 0.654. The molecule has 8 heteroatoms. The van der Waals surface area contributed by atoms with E-state index >= 15 is 0 Å². The summed E-state index contributed by atoms with van der Waals surface area (Å²) < 4.78 is 18.2. The first-order valence-electron chi connectivity index (χ1n) is 11.6. The number of ether oxygens (including phenoxy) is 3. The van der Waals surface area contributed by atoms with Gasteiger partial charge in [-0.1, -0.05) is 30.3 Å². The molecule has 0 unspecified atom stereocenters. The molecule has 1 amide bonds. The molecule has 0 bridgehead atoms. The van der Waals surface area contributed by atoms with Crippen LogP contribution in [0.25, 0.3) is 6.08 Å². The molecule has 36 heavy (non-hydrogen) atoms. The number of likely N-dealkylation sites (N-methyl/N-ethyl adjacent to an activating group) is 1. The monoisotopic (exact) mass is 614 g/mol. The van der Waals surface area contributed by atoms with E-state index in [1.54, 1.807) is 12.0 Å². The van der Waals surface area contributed by atoms with Crippen molar-refractivity contribution in [2.75, 3.05) is 20.3 Å². The lowest BCUT2D eigenvalue weighted by Crippen LogP contribution is -2.28. The van der Waals surface area contributed by atoms with Crippen LogP contribution < -0.4 is 14.2 Å². The van der Waals surface area contributed by atoms with Gasteiger partial charge in [0, 0.05) is 6.54 Å². The first-order chi connectivity index (χ1) is 17.5. The van der Waals surface area contributed by atoms with Crippen LogP contribution in [0, 0.1) is 3.57 Å². The van der Waals surface area contributed by atoms with Gasteiger partial charge in [0.25, 0.3) is 5.91 Å². The van der Waals surface area contributed by atoms with Crippen molar-refractivity contribution in [1.82, 2.24) is 4.90 Å². The quantitative estimate of drug-likeness (QED) is 0.194. The summed E-state index contributed by atoms with van der Waals surface area (Å²) in [5.41, 5.74) is 2.71. The minimum atomic E-state index is -0.0628. The summed E-state index contributed by atoms with van der Waals surface area (Å²) in [5.74, 6) is 2.05. The molecule has 0 N–H and O–H groups in total. The molecule has 0 aromatic heterocycles. The number of thioether (sulfide) groups is 1. The minimum Gasteiger partial charge on any atom is -0.497 e. The number of halogens is 1. The maximum atomic E-state index is 13.1. The van der Waals surface area contributed by atoms with Crippen LogP contribution in [0.4, 0.5) is 5.69 Å². The Morgan fingerprint density at radius 2 is 1.78 bits per heavy atom. The van der Waals surface area contributed by atoms with E-state index in [1.165, 1.54) is 11.8 Å². The molecule has 1 fully saturated rings. The lowest BCUT2D eigenvalue weighted by Gasteiger charge is -2.15. The molecule has 4 rings (SSSR count). The van der Waals surface area contributed by atoms with Crippen molar-refractivity contribution >= 4 is 57.2 Å². The highest BCUT2D eigenvalue weighted by Crippen LogP contribution is 2.38. The molecule has 0 atom stereocenters. The normalized spacial score (nSPS) is 15.6. The van der Waals surface area contributed by atoms with Gasteiger partial charge in [-0.05, 0) is 102 Å². The molecule has 3 aromatic carbocycles. The van der Waals surface area contributed by atoms with E-state index in [0.29, 0.717) is 41.3 Å². The Labute approximate surface area is 229 Å². The predicted molar refractivity (Wildman–Crippen MR) is 154 cm³/mol. The lowest BCUT2D eigenvalue weighted by atomic mass is 10.1. The van der Waals surface area contributed by atoms with E-state index in [4.69, 9.17) is 19.2 Å². The summed E-state index contributed by atoms with van der Waals surface area (Å²) in [6.07, 6.45) is 1.89. The third-order valence-corrected chi connectivity index (χ3v) is 7.16. The highest BCUT2D eigenvalue weighted by Gasteiger charge is 2.32. The number of aliphatic imine (C=N–C) groups is 1. The molecular weight excluding hydrogens is 587 g/mol. The molecule has 1 saturated heterocycles. The van der Waals surface area contributed by atoms with E-state index in [1.807, 2.05) is 86.7 Å². The minimum absolute atomic E-state index is 0.0628. The number of methoxy groups -OCH3 is 1. The first-order valence-corrected chi connectivity index (χ1v) is 13.5. The van der Waals surface area contributed by atoms with Crippen LogP contribution in [0.1, 0.15) is 25.0 Å². The number of hydrogen-bond donors (Lipinski definition) is 0. The number of hydrogen-bond acceptors (Lipinski definition) is 6. The third-order valence-electron chi connectivity index (χ3n) is 5.36. The van der Waals surface area contributed by atoms with Crippen LogP contribution in [0.5, 0.6) is 17.2 Å². The fraction of sp³-hybridized carbons (Fsp3) is 0.214. The van der Waals surface area contributed by atoms with Crippen molar-refractivity contribution in [1.29, 1.82) is 0 Å². The largest absolute Gasteiger partial charge is 0.497 e. The Morgan fingerprint density at radius 1 is 1.03 bits per heavy atom. The molecule has 0 aliphatic carbocycles. The number of amidine groups is 1. The highest BCUT2D eigenvalue weighted by atomic mass is 127. The zero-order chi connectivity index (χ0) is 25.5. The van der Waals surface area contributed by atoms with Gasteiger partial charge < -0.3 is 14.2 Å². The number of amides is 1. The summed E-state index contributed by atoms with van der Waals surface area (Å²) >= 11 is 3.62. The van der Waals surface area contributed by atoms with Crippen molar-refractivity contribution in [3.05, 3.63) is 86.3 Å². The van der Waals surface area contributed by atoms with Gasteiger partial charge in [0.2, 0.25) is 0 Å². The maximum Gasteiger partial charge on any atom is 0.266 e. The first kappa shape index (κ1) is 26.1. The second-order valence-corrected chi connectivity index (χ2v) is 9.96. The van der Waals surface area contributed by atoms with E-state index in [-0.39, 0.29) is 5.91 Å². The Hall–Kier alpha value is -2.98. The molecule has 0 spiro atoms. The van der Waals surface area contributed by atoms with Gasteiger partial charge >= 0.3 is 0 Å². The highest BCUT2D eigenvalue weighted by molar-refractivity contribution is 14.1. The number of nitrogens with zero attached hydrogens (tertiary/aromatic N) is 2. The number of benzene rings is 3. The fourth-order valence-corrected chi connectivity index (χ4v) is 5.44. The summed E-state index contributed by atoms with van der Waals surface area (Å²) in [6.45, 7) is 5.37. The third kappa shape index (κ3) is 6.22. The standard InChI is InChI=1S/C28H27IN2O4S/c1-4-31-27(32)25(36-28(31)30-21-11-13-22(33-3)14-12-21)17-20-15-23(29)26(24(16-20)34-5-2)35-18-19-9-7-6-8-10-19/h6-17H,4-5,18H2,1-3H3/b25-17+,30-28?. The Kier molecular flexibility index (Phi) is 8.93. The smallest absolute Gasteiger partial charge is 0.266 e. The van der Waals surface area contributed by atoms with Crippen molar-refractivity contribution in [2.24, 2.45) is 4.99 Å². The fourth-order valence-electron chi connectivity index (χ4n) is 3.59. The van der Waals surface area contributed by atoms with Crippen LogP contribution in [-0.4, -0.2) is 36.2 Å². The van der Waals surface area contributed by atoms with Crippen LogP contribution in [0.3, 0.4) is 0 Å². The van der Waals surface area contributed by atoms with Crippen molar-refractivity contribution in [3.63, 3.8) is 0 Å². The van der Waals surface area contributed by atoms with E-state index in [0.717, 1.165) is 26.1 Å². The van der Waals surface area contributed by atoms with E-state index < -0.39 is 0 Å². The van der Waals surface area contributed by atoms with Crippen LogP contribution in [0.2, 0.25) is 0 Å². The summed E-state index contributed by atoms with van der Waals surface area (Å²) in [7, 11) is 1.63. The second kappa shape index (κ2) is 12.3. The molecular formula is C28H27IN2O4S. The van der Waals surface area contributed by atoms with Crippen LogP contribution in [-0.2, 0) is 11.4 Å². The van der Waals surface area contributed by atoms with Gasteiger partial charge in [0.15, 0.2) is 16.7 Å². The zero-order valence-electron chi connectivity index (χ0n) is 20.4. The molecule has 1 heterocycles. The van der Waals surface area contributed by atoms with E-state index in [9.17, 15) is 4.79 Å². The van der Waals surface area contributed by atoms with Crippen molar-refractivity contribution in [3.8, 4) is 17.2 Å². The van der Waals surface area contributed by atoms with Crippen molar-refractivity contribution in [2.45, 2.75) is 20.5 Å². The Balaban J connectivity index is 1.60. The topological polar surface area (TPSA) is 60.4 Å². The number of rotatable bonds is 9. The predicted octanol–water partition coefficient (Wildman–Crippen LogP) is 6.90. The molecule has 3 aromatic rings. The maximum absolute atomic E-state index is 13.1. The average molecular weight is 615 g/mol. The molecule has 1 aliphatic rings.